The summed E-state index contributed by atoms with van der Waals surface area (Å²) in [6, 6.07) is 0. The quantitative estimate of drug-likeness (QED) is 0.458. The van der Waals surface area contributed by atoms with Crippen LogP contribution in [0.5, 0.6) is 0 Å². The van der Waals surface area contributed by atoms with E-state index in [-0.39, 0.29) is 12.4 Å². The highest BCUT2D eigenvalue weighted by molar-refractivity contribution is 8.41. The van der Waals surface area contributed by atoms with Crippen molar-refractivity contribution in [3.8, 4) is 0 Å². The van der Waals surface area contributed by atoms with Gasteiger partial charge < -0.3 is 0 Å². The predicted molar refractivity (Wildman–Crippen MR) is 38.7 cm³/mol. The van der Waals surface area contributed by atoms with Crippen LogP contribution in [-0.2, 0) is 4.57 Å². The highest BCUT2D eigenvalue weighted by Crippen LogP contribution is 2.26. The third-order valence-electron chi connectivity index (χ3n) is 0.277. The maximum atomic E-state index is 9.97. The second-order valence-electron chi connectivity index (χ2n) is 0.785. The normalized spacial score (nSPS) is 10.9. The topological polar surface area (TPSA) is 17.1 Å². The maximum absolute atomic E-state index is 9.97. The fourth-order valence-electron chi connectivity index (χ4n) is 0.128. The molecule has 0 aromatic rings. The molecule has 0 rings (SSSR count). The number of rotatable bonds is 1. The van der Waals surface area contributed by atoms with Crippen LogP contribution in [0.3, 0.4) is 0 Å². The van der Waals surface area contributed by atoms with Crippen molar-refractivity contribution in [2.75, 3.05) is 0 Å². The van der Waals surface area contributed by atoms with E-state index in [4.69, 9.17) is 0 Å². The van der Waals surface area contributed by atoms with Crippen LogP contribution in [0.1, 0.15) is 6.92 Å². The SMILES string of the molecule is CC=C[P+](=O)S.Cl. The molecular weight excluding hydrogens is 151 g/mol. The molecule has 1 nitrogen and oxygen atoms in total. The largest absolute Gasteiger partial charge is 0.438 e. The summed E-state index contributed by atoms with van der Waals surface area (Å²) < 4.78 is 9.97. The maximum Gasteiger partial charge on any atom is 0.438 e. The van der Waals surface area contributed by atoms with E-state index in [2.05, 4.69) is 12.2 Å². The monoisotopic (exact) mass is 157 g/mol. The Hall–Kier alpha value is 0.480. The van der Waals surface area contributed by atoms with Crippen molar-refractivity contribution < 1.29 is 4.57 Å². The average Bonchev–Trinajstić information content (AvgIpc) is 1.35. The third kappa shape index (κ3) is 10.7. The van der Waals surface area contributed by atoms with Crippen molar-refractivity contribution in [1.29, 1.82) is 0 Å². The van der Waals surface area contributed by atoms with Gasteiger partial charge in [-0.05, 0) is 13.0 Å². The number of hydrogen-bond donors (Lipinski definition) is 1. The van der Waals surface area contributed by atoms with Gasteiger partial charge in [0.05, 0.1) is 0 Å². The summed E-state index contributed by atoms with van der Waals surface area (Å²) >= 11 is 3.60. The fraction of sp³-hybridized carbons (Fsp3) is 0.333. The lowest BCUT2D eigenvalue weighted by Crippen LogP contribution is -1.30. The number of allylic oxidation sites excluding steroid dienone is 1. The number of thiol groups is 1. The standard InChI is InChI=1S/C3H5OPS.ClH/c1-2-3-5(4)6;/h2-3H,1H3;1H/p+1. The summed E-state index contributed by atoms with van der Waals surface area (Å²) in [5.41, 5.74) is 0. The van der Waals surface area contributed by atoms with Gasteiger partial charge >= 0.3 is 7.00 Å². The van der Waals surface area contributed by atoms with Gasteiger partial charge in [0.2, 0.25) is 0 Å². The Labute approximate surface area is 55.5 Å². The Balaban J connectivity index is 0. The fourth-order valence-corrected chi connectivity index (χ4v) is 0.783. The Bertz CT molecular complexity index is 83.0. The molecule has 0 fully saturated rings. The summed E-state index contributed by atoms with van der Waals surface area (Å²) in [7, 11) is -1.34. The summed E-state index contributed by atoms with van der Waals surface area (Å²) in [5, 5.41) is 0. The molecule has 0 N–H and O–H groups in total. The Morgan fingerprint density at radius 1 is 1.71 bits per heavy atom. The summed E-state index contributed by atoms with van der Waals surface area (Å²) in [6.07, 6.45) is 1.71. The van der Waals surface area contributed by atoms with E-state index in [0.29, 0.717) is 0 Å². The van der Waals surface area contributed by atoms with Crippen molar-refractivity contribution in [2.45, 2.75) is 6.92 Å². The van der Waals surface area contributed by atoms with Crippen LogP contribution in [0.15, 0.2) is 11.9 Å². The lowest BCUT2D eigenvalue weighted by Gasteiger charge is -1.50. The van der Waals surface area contributed by atoms with Crippen LogP contribution in [0.25, 0.3) is 0 Å². The zero-order valence-electron chi connectivity index (χ0n) is 3.87. The van der Waals surface area contributed by atoms with Crippen LogP contribution in [0.2, 0.25) is 0 Å². The van der Waals surface area contributed by atoms with Gasteiger partial charge in [0.1, 0.15) is 12.2 Å². The minimum absolute atomic E-state index is 0. The van der Waals surface area contributed by atoms with Gasteiger partial charge in [0, 0.05) is 0 Å². The van der Waals surface area contributed by atoms with Crippen LogP contribution in [-0.4, -0.2) is 0 Å². The van der Waals surface area contributed by atoms with Gasteiger partial charge in [-0.25, -0.2) is 0 Å². The molecule has 0 radical (unpaired) electrons. The molecule has 0 heterocycles. The van der Waals surface area contributed by atoms with Gasteiger partial charge in [0.15, 0.2) is 5.82 Å². The molecule has 0 aliphatic heterocycles. The average molecular weight is 158 g/mol. The minimum Gasteiger partial charge on any atom is -0.147 e. The van der Waals surface area contributed by atoms with Crippen molar-refractivity contribution in [3.63, 3.8) is 0 Å². The first-order valence-corrected chi connectivity index (χ1v) is 4.03. The molecule has 7 heavy (non-hydrogen) atoms. The first-order valence-electron chi connectivity index (χ1n) is 1.55. The number of halogens is 1. The molecule has 4 heteroatoms. The molecule has 1 unspecified atom stereocenters. The highest BCUT2D eigenvalue weighted by atomic mass is 35.5. The van der Waals surface area contributed by atoms with Crippen LogP contribution in [0, 0.1) is 0 Å². The first-order chi connectivity index (χ1) is 2.77. The van der Waals surface area contributed by atoms with E-state index in [1.54, 1.807) is 11.9 Å². The number of hydrogen-bond acceptors (Lipinski definition) is 1. The van der Waals surface area contributed by atoms with Gasteiger partial charge in [-0.1, -0.05) is 4.57 Å². The van der Waals surface area contributed by atoms with E-state index >= 15 is 0 Å². The molecule has 0 aliphatic rings. The summed E-state index contributed by atoms with van der Waals surface area (Å²) in [5.74, 6) is 1.54. The van der Waals surface area contributed by atoms with E-state index in [1.807, 2.05) is 6.92 Å². The summed E-state index contributed by atoms with van der Waals surface area (Å²) in [6.45, 7) is 1.81. The Morgan fingerprint density at radius 3 is 2.14 bits per heavy atom. The molecule has 0 bridgehead atoms. The molecule has 0 aliphatic carbocycles. The zero-order valence-corrected chi connectivity index (χ0v) is 6.47. The second kappa shape index (κ2) is 6.48. The third-order valence-corrected chi connectivity index (χ3v) is 1.23. The van der Waals surface area contributed by atoms with Crippen LogP contribution >= 0.6 is 31.7 Å². The molecule has 1 atom stereocenters. The van der Waals surface area contributed by atoms with Gasteiger partial charge in [-0.2, -0.15) is 0 Å². The van der Waals surface area contributed by atoms with E-state index < -0.39 is 7.00 Å². The molecule has 0 spiro atoms. The molecule has 0 saturated carbocycles. The van der Waals surface area contributed by atoms with Gasteiger partial charge in [-0.3, -0.25) is 0 Å². The van der Waals surface area contributed by atoms with Crippen molar-refractivity contribution >= 4 is 31.7 Å². The highest BCUT2D eigenvalue weighted by Gasteiger charge is 1.94. The van der Waals surface area contributed by atoms with Crippen molar-refractivity contribution in [1.82, 2.24) is 0 Å². The van der Waals surface area contributed by atoms with Crippen LogP contribution in [0.4, 0.5) is 0 Å². The Kier molecular flexibility index (Phi) is 9.68. The Morgan fingerprint density at radius 2 is 2.14 bits per heavy atom. The molecular formula is C3H7ClOPS+. The summed E-state index contributed by atoms with van der Waals surface area (Å²) in [4.78, 5) is 0. The van der Waals surface area contributed by atoms with Crippen LogP contribution < -0.4 is 0 Å². The lowest BCUT2D eigenvalue weighted by atomic mass is 10.8. The van der Waals surface area contributed by atoms with E-state index in [9.17, 15) is 4.57 Å². The van der Waals surface area contributed by atoms with Crippen molar-refractivity contribution in [2.24, 2.45) is 0 Å². The zero-order chi connectivity index (χ0) is 4.99. The van der Waals surface area contributed by atoms with Crippen molar-refractivity contribution in [3.05, 3.63) is 11.9 Å². The van der Waals surface area contributed by atoms with E-state index in [1.165, 1.54) is 0 Å². The van der Waals surface area contributed by atoms with Gasteiger partial charge in [-0.15, -0.1) is 12.4 Å². The lowest BCUT2D eigenvalue weighted by molar-refractivity contribution is 0.601. The molecule has 0 aromatic heterocycles. The second-order valence-corrected chi connectivity index (χ2v) is 2.87. The molecule has 0 amide bonds. The van der Waals surface area contributed by atoms with E-state index in [0.717, 1.165) is 0 Å². The minimum atomic E-state index is -1.34. The molecule has 0 aromatic carbocycles. The predicted octanol–water partition coefficient (Wildman–Crippen LogP) is 2.61. The molecule has 0 saturated heterocycles. The van der Waals surface area contributed by atoms with Gasteiger partial charge in [0.25, 0.3) is 0 Å². The molecule has 42 valence electrons. The smallest absolute Gasteiger partial charge is 0.147 e. The first kappa shape index (κ1) is 10.5.